The van der Waals surface area contributed by atoms with Gasteiger partial charge in [-0.2, -0.15) is 10.4 Å². The predicted molar refractivity (Wildman–Crippen MR) is 114 cm³/mol. The molecule has 1 heterocycles. The molecule has 1 aromatic heterocycles. The van der Waals surface area contributed by atoms with Gasteiger partial charge in [0.25, 0.3) is 5.91 Å². The number of benzene rings is 2. The molecule has 3 aromatic rings. The van der Waals surface area contributed by atoms with Crippen LogP contribution in [-0.4, -0.2) is 43.1 Å². The van der Waals surface area contributed by atoms with E-state index in [2.05, 4.69) is 5.32 Å². The maximum absolute atomic E-state index is 12.4. The van der Waals surface area contributed by atoms with Crippen molar-refractivity contribution >= 4 is 12.0 Å². The topological polar surface area (TPSA) is 89.2 Å². The summed E-state index contributed by atoms with van der Waals surface area (Å²) in [5.74, 6) is 0.274. The fourth-order valence-electron chi connectivity index (χ4n) is 2.85. The van der Waals surface area contributed by atoms with Crippen molar-refractivity contribution in [3.63, 3.8) is 0 Å². The molecule has 0 unspecified atom stereocenters. The van der Waals surface area contributed by atoms with Crippen LogP contribution in [0.1, 0.15) is 5.56 Å². The lowest BCUT2D eigenvalue weighted by Crippen LogP contribution is -2.27. The number of nitrogens with zero attached hydrogens (tertiary/aromatic N) is 3. The SMILES string of the molecule is COCCNC(=O)/C(C#N)=C/c1cn(-c2ccccc2)nc1-c1ccc(OC)cc1. The molecule has 1 amide bonds. The lowest BCUT2D eigenvalue weighted by atomic mass is 10.1. The number of amides is 1. The van der Waals surface area contributed by atoms with E-state index < -0.39 is 5.91 Å². The Bertz CT molecular complexity index is 1060. The zero-order chi connectivity index (χ0) is 21.3. The third kappa shape index (κ3) is 4.93. The molecule has 152 valence electrons. The minimum Gasteiger partial charge on any atom is -0.497 e. The summed E-state index contributed by atoms with van der Waals surface area (Å²) in [6.07, 6.45) is 3.35. The molecule has 0 saturated carbocycles. The molecule has 7 heteroatoms. The van der Waals surface area contributed by atoms with E-state index in [1.54, 1.807) is 31.2 Å². The van der Waals surface area contributed by atoms with Gasteiger partial charge in [0.15, 0.2) is 0 Å². The standard InChI is InChI=1S/C23H22N4O3/c1-29-13-12-25-23(28)18(15-24)14-19-16-27(20-6-4-3-5-7-20)26-22(19)17-8-10-21(30-2)11-9-17/h3-11,14,16H,12-13H2,1-2H3,(H,25,28)/b18-14+. The zero-order valence-electron chi connectivity index (χ0n) is 16.8. The number of nitrogens with one attached hydrogen (secondary N) is 1. The van der Waals surface area contributed by atoms with Gasteiger partial charge in [-0.05, 0) is 42.5 Å². The van der Waals surface area contributed by atoms with Crippen LogP contribution in [0.3, 0.4) is 0 Å². The first-order valence-corrected chi connectivity index (χ1v) is 9.34. The molecule has 0 fully saturated rings. The van der Waals surface area contributed by atoms with E-state index in [1.165, 1.54) is 0 Å². The molecular formula is C23H22N4O3. The predicted octanol–water partition coefficient (Wildman–Crippen LogP) is 3.22. The van der Waals surface area contributed by atoms with Crippen molar-refractivity contribution in [3.05, 3.63) is 71.9 Å². The highest BCUT2D eigenvalue weighted by Crippen LogP contribution is 2.27. The Morgan fingerprint density at radius 2 is 1.90 bits per heavy atom. The van der Waals surface area contributed by atoms with Gasteiger partial charge in [0.1, 0.15) is 17.4 Å². The molecule has 2 aromatic carbocycles. The Balaban J connectivity index is 2.03. The molecule has 0 bridgehead atoms. The Hall–Kier alpha value is -3.89. The van der Waals surface area contributed by atoms with E-state index >= 15 is 0 Å². The van der Waals surface area contributed by atoms with Crippen LogP contribution in [0.2, 0.25) is 0 Å². The first-order chi connectivity index (χ1) is 14.7. The van der Waals surface area contributed by atoms with Crippen LogP contribution in [0.4, 0.5) is 0 Å². The highest BCUT2D eigenvalue weighted by Gasteiger charge is 2.15. The summed E-state index contributed by atoms with van der Waals surface area (Å²) >= 11 is 0. The van der Waals surface area contributed by atoms with Crippen molar-refractivity contribution in [1.82, 2.24) is 15.1 Å². The van der Waals surface area contributed by atoms with Crippen LogP contribution in [0.15, 0.2) is 66.4 Å². The number of carbonyl (C=O) groups is 1. The Morgan fingerprint density at radius 1 is 1.17 bits per heavy atom. The maximum atomic E-state index is 12.4. The van der Waals surface area contributed by atoms with Crippen LogP contribution in [0.25, 0.3) is 23.0 Å². The summed E-state index contributed by atoms with van der Waals surface area (Å²) in [6, 6.07) is 19.1. The van der Waals surface area contributed by atoms with Gasteiger partial charge in [-0.1, -0.05) is 18.2 Å². The highest BCUT2D eigenvalue weighted by molar-refractivity contribution is 6.02. The van der Waals surface area contributed by atoms with Gasteiger partial charge in [0.2, 0.25) is 0 Å². The van der Waals surface area contributed by atoms with Gasteiger partial charge in [-0.15, -0.1) is 0 Å². The van der Waals surface area contributed by atoms with Crippen molar-refractivity contribution in [2.75, 3.05) is 27.4 Å². The van der Waals surface area contributed by atoms with Crippen LogP contribution in [0.5, 0.6) is 5.75 Å². The first kappa shape index (κ1) is 20.8. The summed E-state index contributed by atoms with van der Waals surface area (Å²) in [5.41, 5.74) is 3.01. The molecule has 30 heavy (non-hydrogen) atoms. The lowest BCUT2D eigenvalue weighted by molar-refractivity contribution is -0.117. The van der Waals surface area contributed by atoms with Gasteiger partial charge in [-0.3, -0.25) is 4.79 Å². The molecule has 1 N–H and O–H groups in total. The Labute approximate surface area is 175 Å². The van der Waals surface area contributed by atoms with Gasteiger partial charge >= 0.3 is 0 Å². The molecule has 0 radical (unpaired) electrons. The van der Waals surface area contributed by atoms with Gasteiger partial charge in [-0.25, -0.2) is 4.68 Å². The van der Waals surface area contributed by atoms with Crippen molar-refractivity contribution in [2.45, 2.75) is 0 Å². The number of para-hydroxylation sites is 1. The summed E-state index contributed by atoms with van der Waals surface area (Å²) in [5, 5.41) is 16.9. The van der Waals surface area contributed by atoms with E-state index in [9.17, 15) is 10.1 Å². The van der Waals surface area contributed by atoms with Gasteiger partial charge in [0, 0.05) is 31.0 Å². The molecule has 0 aliphatic rings. The van der Waals surface area contributed by atoms with Gasteiger partial charge < -0.3 is 14.8 Å². The number of hydrogen-bond acceptors (Lipinski definition) is 5. The number of ether oxygens (including phenoxy) is 2. The molecule has 7 nitrogen and oxygen atoms in total. The van der Waals surface area contributed by atoms with Crippen LogP contribution in [-0.2, 0) is 9.53 Å². The number of rotatable bonds is 8. The average molecular weight is 402 g/mol. The highest BCUT2D eigenvalue weighted by atomic mass is 16.5. The van der Waals surface area contributed by atoms with Gasteiger partial charge in [0.05, 0.1) is 25.1 Å². The van der Waals surface area contributed by atoms with E-state index in [0.29, 0.717) is 24.4 Å². The lowest BCUT2D eigenvalue weighted by Gasteiger charge is -2.04. The second-order valence-corrected chi connectivity index (χ2v) is 6.36. The minimum absolute atomic E-state index is 0.00604. The van der Waals surface area contributed by atoms with E-state index in [-0.39, 0.29) is 5.57 Å². The second kappa shape index (κ2) is 10.0. The molecule has 0 spiro atoms. The second-order valence-electron chi connectivity index (χ2n) is 6.36. The monoisotopic (exact) mass is 402 g/mol. The average Bonchev–Trinajstić information content (AvgIpc) is 3.22. The largest absolute Gasteiger partial charge is 0.497 e. The molecule has 0 saturated heterocycles. The quantitative estimate of drug-likeness (QED) is 0.355. The first-order valence-electron chi connectivity index (χ1n) is 9.34. The summed E-state index contributed by atoms with van der Waals surface area (Å²) in [7, 11) is 3.15. The molecule has 3 rings (SSSR count). The fourth-order valence-corrected chi connectivity index (χ4v) is 2.85. The van der Waals surface area contributed by atoms with Crippen molar-refractivity contribution in [2.24, 2.45) is 0 Å². The smallest absolute Gasteiger partial charge is 0.262 e. The summed E-state index contributed by atoms with van der Waals surface area (Å²) in [4.78, 5) is 12.4. The maximum Gasteiger partial charge on any atom is 0.262 e. The normalized spacial score (nSPS) is 11.0. The number of hydrogen-bond donors (Lipinski definition) is 1. The van der Waals surface area contributed by atoms with Crippen LogP contribution in [0, 0.1) is 11.3 Å². The summed E-state index contributed by atoms with van der Waals surface area (Å²) in [6.45, 7) is 0.691. The fraction of sp³-hybridized carbons (Fsp3) is 0.174. The minimum atomic E-state index is -0.456. The third-order valence-corrected chi connectivity index (χ3v) is 4.38. The Morgan fingerprint density at radius 3 is 2.53 bits per heavy atom. The number of nitriles is 1. The molecular weight excluding hydrogens is 380 g/mol. The zero-order valence-corrected chi connectivity index (χ0v) is 16.8. The molecule has 0 aliphatic carbocycles. The number of aromatic nitrogens is 2. The van der Waals surface area contributed by atoms with Crippen molar-refractivity contribution < 1.29 is 14.3 Å². The van der Waals surface area contributed by atoms with E-state index in [0.717, 1.165) is 17.0 Å². The van der Waals surface area contributed by atoms with Crippen LogP contribution >= 0.6 is 0 Å². The van der Waals surface area contributed by atoms with E-state index in [1.807, 2.05) is 60.7 Å². The van der Waals surface area contributed by atoms with Crippen LogP contribution < -0.4 is 10.1 Å². The van der Waals surface area contributed by atoms with E-state index in [4.69, 9.17) is 14.6 Å². The number of carbonyl (C=O) groups excluding carboxylic acids is 1. The Kier molecular flexibility index (Phi) is 6.98. The summed E-state index contributed by atoms with van der Waals surface area (Å²) < 4.78 is 11.9. The van der Waals surface area contributed by atoms with Crippen molar-refractivity contribution in [3.8, 4) is 28.8 Å². The number of methoxy groups -OCH3 is 2. The molecule has 0 atom stereocenters. The third-order valence-electron chi connectivity index (χ3n) is 4.38. The molecule has 0 aliphatic heterocycles. The van der Waals surface area contributed by atoms with Crippen molar-refractivity contribution in [1.29, 1.82) is 5.26 Å².